The van der Waals surface area contributed by atoms with Crippen molar-refractivity contribution in [3.8, 4) is 17.2 Å². The zero-order valence-corrected chi connectivity index (χ0v) is 18.5. The number of hydrogen-bond donors (Lipinski definition) is 3. The molecule has 0 saturated heterocycles. The van der Waals surface area contributed by atoms with Crippen molar-refractivity contribution in [2.75, 3.05) is 26.6 Å². The van der Waals surface area contributed by atoms with Gasteiger partial charge in [0.05, 0.1) is 32.9 Å². The average Bonchev–Trinajstić information content (AvgIpc) is 2.73. The van der Waals surface area contributed by atoms with E-state index in [1.807, 2.05) is 12.1 Å². The molecule has 158 valence electrons. The molecule has 3 amide bonds. The lowest BCUT2D eigenvalue weighted by Crippen LogP contribution is -2.46. The summed E-state index contributed by atoms with van der Waals surface area (Å²) in [7, 11) is 4.52. The first-order valence-corrected chi connectivity index (χ1v) is 9.82. The number of methoxy groups -OCH3 is 3. The van der Waals surface area contributed by atoms with E-state index in [9.17, 15) is 9.59 Å². The predicted octanol–water partition coefficient (Wildman–Crippen LogP) is 3.74. The van der Waals surface area contributed by atoms with Gasteiger partial charge in [0.2, 0.25) is 5.75 Å². The molecule has 0 aromatic heterocycles. The minimum absolute atomic E-state index is 0.346. The van der Waals surface area contributed by atoms with Crippen molar-refractivity contribution in [1.29, 1.82) is 0 Å². The molecule has 3 N–H and O–H groups in total. The lowest BCUT2D eigenvalue weighted by Gasteiger charge is -2.29. The Labute approximate surface area is 182 Å². The SMILES string of the molecule is COc1cc([C@H]2NC(=O)NC(C)=C2C(=O)Nc2ccc(Br)cc2)cc(OC)c1OC. The number of nitrogens with one attached hydrogen (secondary N) is 3. The lowest BCUT2D eigenvalue weighted by atomic mass is 9.94. The largest absolute Gasteiger partial charge is 0.493 e. The van der Waals surface area contributed by atoms with Gasteiger partial charge in [0, 0.05) is 15.9 Å². The molecular formula is C21H22BrN3O5. The first-order chi connectivity index (χ1) is 14.4. The number of rotatable bonds is 6. The molecular weight excluding hydrogens is 454 g/mol. The van der Waals surface area contributed by atoms with Gasteiger partial charge in [-0.2, -0.15) is 0 Å². The summed E-state index contributed by atoms with van der Waals surface area (Å²) in [6.07, 6.45) is 0. The number of carbonyl (C=O) groups is 2. The normalized spacial score (nSPS) is 15.8. The summed E-state index contributed by atoms with van der Waals surface area (Å²) in [4.78, 5) is 25.3. The molecule has 9 heteroatoms. The number of amides is 3. The van der Waals surface area contributed by atoms with Crippen molar-refractivity contribution in [2.24, 2.45) is 0 Å². The number of urea groups is 1. The molecule has 0 fully saturated rings. The third kappa shape index (κ3) is 4.35. The smallest absolute Gasteiger partial charge is 0.319 e. The molecule has 1 aliphatic heterocycles. The average molecular weight is 476 g/mol. The Bertz CT molecular complexity index is 979. The molecule has 0 bridgehead atoms. The third-order valence-corrected chi connectivity index (χ3v) is 5.16. The molecule has 1 heterocycles. The van der Waals surface area contributed by atoms with Gasteiger partial charge >= 0.3 is 6.03 Å². The Balaban J connectivity index is 2.03. The number of ether oxygens (including phenoxy) is 3. The van der Waals surface area contributed by atoms with Gasteiger partial charge in [-0.1, -0.05) is 15.9 Å². The van der Waals surface area contributed by atoms with Gasteiger partial charge in [-0.3, -0.25) is 4.79 Å². The maximum atomic E-state index is 13.1. The fraction of sp³-hybridized carbons (Fsp3) is 0.238. The monoisotopic (exact) mass is 475 g/mol. The van der Waals surface area contributed by atoms with Crippen LogP contribution in [-0.4, -0.2) is 33.3 Å². The van der Waals surface area contributed by atoms with Crippen molar-refractivity contribution >= 4 is 33.6 Å². The van der Waals surface area contributed by atoms with E-state index >= 15 is 0 Å². The van der Waals surface area contributed by atoms with Crippen LogP contribution in [0.15, 0.2) is 52.1 Å². The molecule has 2 aromatic carbocycles. The Morgan fingerprint density at radius 3 is 2.17 bits per heavy atom. The number of benzene rings is 2. The number of allylic oxidation sites excluding steroid dienone is 1. The molecule has 0 radical (unpaired) electrons. The van der Waals surface area contributed by atoms with Crippen LogP contribution in [0, 0.1) is 0 Å². The number of carbonyl (C=O) groups excluding carboxylic acids is 2. The highest BCUT2D eigenvalue weighted by Crippen LogP contribution is 2.41. The maximum absolute atomic E-state index is 13.1. The summed E-state index contributed by atoms with van der Waals surface area (Å²) in [5.74, 6) is 0.918. The van der Waals surface area contributed by atoms with Crippen LogP contribution in [-0.2, 0) is 4.79 Å². The first-order valence-electron chi connectivity index (χ1n) is 9.03. The van der Waals surface area contributed by atoms with Crippen LogP contribution in [0.3, 0.4) is 0 Å². The van der Waals surface area contributed by atoms with Gasteiger partial charge in [0.1, 0.15) is 0 Å². The van der Waals surface area contributed by atoms with Crippen molar-refractivity contribution < 1.29 is 23.8 Å². The maximum Gasteiger partial charge on any atom is 0.319 e. The van der Waals surface area contributed by atoms with Crippen LogP contribution < -0.4 is 30.2 Å². The number of hydrogen-bond acceptors (Lipinski definition) is 5. The number of anilines is 1. The molecule has 0 unspecified atom stereocenters. The predicted molar refractivity (Wildman–Crippen MR) is 116 cm³/mol. The van der Waals surface area contributed by atoms with Crippen molar-refractivity contribution in [3.63, 3.8) is 0 Å². The molecule has 3 rings (SSSR count). The number of halogens is 1. The zero-order valence-electron chi connectivity index (χ0n) is 17.0. The first kappa shape index (κ1) is 21.5. The Kier molecular flexibility index (Phi) is 6.51. The van der Waals surface area contributed by atoms with Crippen LogP contribution in [0.4, 0.5) is 10.5 Å². The van der Waals surface area contributed by atoms with E-state index in [2.05, 4.69) is 31.9 Å². The fourth-order valence-corrected chi connectivity index (χ4v) is 3.51. The van der Waals surface area contributed by atoms with Gasteiger partial charge < -0.3 is 30.2 Å². The molecule has 0 saturated carbocycles. The highest BCUT2D eigenvalue weighted by atomic mass is 79.9. The van der Waals surface area contributed by atoms with E-state index < -0.39 is 12.1 Å². The molecule has 1 aliphatic rings. The van der Waals surface area contributed by atoms with Gasteiger partial charge in [0.15, 0.2) is 11.5 Å². The van der Waals surface area contributed by atoms with E-state index in [0.717, 1.165) is 4.47 Å². The molecule has 2 aromatic rings. The Morgan fingerprint density at radius 2 is 1.63 bits per heavy atom. The summed E-state index contributed by atoms with van der Waals surface area (Å²) in [5.41, 5.74) is 2.06. The van der Waals surface area contributed by atoms with E-state index in [1.54, 1.807) is 31.2 Å². The fourth-order valence-electron chi connectivity index (χ4n) is 3.24. The summed E-state index contributed by atoms with van der Waals surface area (Å²) in [6, 6.07) is 9.50. The standard InChI is InChI=1S/C21H22BrN3O5/c1-11-17(20(26)24-14-7-5-13(22)6-8-14)18(25-21(27)23-11)12-9-15(28-2)19(30-4)16(10-12)29-3/h5-10,18H,1-4H3,(H,24,26)(H2,23,25,27)/t18-/m1/s1. The van der Waals surface area contributed by atoms with Crippen LogP contribution in [0.5, 0.6) is 17.2 Å². The van der Waals surface area contributed by atoms with E-state index in [-0.39, 0.29) is 5.91 Å². The molecule has 0 spiro atoms. The van der Waals surface area contributed by atoms with Crippen molar-refractivity contribution in [2.45, 2.75) is 13.0 Å². The lowest BCUT2D eigenvalue weighted by molar-refractivity contribution is -0.113. The Hall–Kier alpha value is -3.20. The van der Waals surface area contributed by atoms with Gasteiger partial charge in [-0.25, -0.2) is 4.79 Å². The van der Waals surface area contributed by atoms with E-state index in [1.165, 1.54) is 21.3 Å². The summed E-state index contributed by atoms with van der Waals surface area (Å²) in [5, 5.41) is 8.33. The Morgan fingerprint density at radius 1 is 1.03 bits per heavy atom. The highest BCUT2D eigenvalue weighted by Gasteiger charge is 2.32. The van der Waals surface area contributed by atoms with E-state index in [0.29, 0.717) is 39.8 Å². The van der Waals surface area contributed by atoms with Crippen molar-refractivity contribution in [3.05, 3.63) is 57.7 Å². The summed E-state index contributed by atoms with van der Waals surface area (Å²) >= 11 is 3.37. The second-order valence-corrected chi connectivity index (χ2v) is 7.41. The quantitative estimate of drug-likeness (QED) is 0.590. The van der Waals surface area contributed by atoms with Crippen molar-refractivity contribution in [1.82, 2.24) is 10.6 Å². The zero-order chi connectivity index (χ0) is 21.8. The van der Waals surface area contributed by atoms with Gasteiger partial charge in [0.25, 0.3) is 5.91 Å². The highest BCUT2D eigenvalue weighted by molar-refractivity contribution is 9.10. The van der Waals surface area contributed by atoms with Gasteiger partial charge in [-0.05, 0) is 48.9 Å². The molecule has 1 atom stereocenters. The van der Waals surface area contributed by atoms with Crippen LogP contribution in [0.1, 0.15) is 18.5 Å². The van der Waals surface area contributed by atoms with E-state index in [4.69, 9.17) is 14.2 Å². The minimum Gasteiger partial charge on any atom is -0.493 e. The molecule has 30 heavy (non-hydrogen) atoms. The van der Waals surface area contributed by atoms with Gasteiger partial charge in [-0.15, -0.1) is 0 Å². The van der Waals surface area contributed by atoms with Crippen LogP contribution in [0.2, 0.25) is 0 Å². The topological polar surface area (TPSA) is 97.9 Å². The third-order valence-electron chi connectivity index (χ3n) is 4.64. The molecule has 8 nitrogen and oxygen atoms in total. The summed E-state index contributed by atoms with van der Waals surface area (Å²) in [6.45, 7) is 1.68. The minimum atomic E-state index is -0.720. The van der Waals surface area contributed by atoms with Crippen LogP contribution in [0.25, 0.3) is 0 Å². The second-order valence-electron chi connectivity index (χ2n) is 6.49. The summed E-state index contributed by atoms with van der Waals surface area (Å²) < 4.78 is 17.1. The second kappa shape index (κ2) is 9.08. The molecule has 0 aliphatic carbocycles. The van der Waals surface area contributed by atoms with Crippen LogP contribution >= 0.6 is 15.9 Å².